The van der Waals surface area contributed by atoms with Crippen LogP contribution in [0.2, 0.25) is 0 Å². The van der Waals surface area contributed by atoms with Gasteiger partial charge in [-0.3, -0.25) is 9.48 Å². The largest absolute Gasteiger partial charge is 0.478 e. The molecule has 132 valence electrons. The van der Waals surface area contributed by atoms with Gasteiger partial charge in [-0.25, -0.2) is 9.78 Å². The summed E-state index contributed by atoms with van der Waals surface area (Å²) in [7, 11) is 0. The summed E-state index contributed by atoms with van der Waals surface area (Å²) in [6, 6.07) is 3.17. The molecule has 1 fully saturated rings. The molecule has 1 aliphatic heterocycles. The van der Waals surface area contributed by atoms with Crippen molar-refractivity contribution in [1.82, 2.24) is 14.8 Å². The maximum absolute atomic E-state index is 12.4. The quantitative estimate of drug-likeness (QED) is 0.859. The van der Waals surface area contributed by atoms with E-state index in [-0.39, 0.29) is 17.4 Å². The van der Waals surface area contributed by atoms with Gasteiger partial charge in [0.2, 0.25) is 5.91 Å². The SMILES string of the molecule is CCn1cc(NC(=O)C2CCN(c3ncccc3C(=O)O)CC2)cn1. The molecule has 0 atom stereocenters. The number of hydrogen-bond acceptors (Lipinski definition) is 5. The van der Waals surface area contributed by atoms with Crippen molar-refractivity contribution < 1.29 is 14.7 Å². The second kappa shape index (κ2) is 7.33. The highest BCUT2D eigenvalue weighted by atomic mass is 16.4. The lowest BCUT2D eigenvalue weighted by Gasteiger charge is -2.32. The van der Waals surface area contributed by atoms with E-state index in [1.807, 2.05) is 11.8 Å². The Hall–Kier alpha value is -2.90. The fourth-order valence-electron chi connectivity index (χ4n) is 3.01. The Morgan fingerprint density at radius 3 is 2.76 bits per heavy atom. The summed E-state index contributed by atoms with van der Waals surface area (Å²) in [6.45, 7) is 3.94. The van der Waals surface area contributed by atoms with Gasteiger partial charge in [-0.05, 0) is 31.9 Å². The lowest BCUT2D eigenvalue weighted by atomic mass is 9.95. The first kappa shape index (κ1) is 16.9. The fourth-order valence-corrected chi connectivity index (χ4v) is 3.01. The summed E-state index contributed by atoms with van der Waals surface area (Å²) in [5, 5.41) is 16.3. The number of carboxylic acid groups (broad SMARTS) is 1. The summed E-state index contributed by atoms with van der Waals surface area (Å²) in [5.41, 5.74) is 0.893. The van der Waals surface area contributed by atoms with Crippen LogP contribution in [-0.4, -0.2) is 44.8 Å². The highest BCUT2D eigenvalue weighted by molar-refractivity contribution is 5.94. The van der Waals surface area contributed by atoms with E-state index in [4.69, 9.17) is 0 Å². The number of anilines is 2. The number of aromatic nitrogens is 3. The minimum atomic E-state index is -0.990. The molecule has 0 unspecified atom stereocenters. The van der Waals surface area contributed by atoms with Gasteiger partial charge in [0.15, 0.2) is 0 Å². The van der Waals surface area contributed by atoms with E-state index in [1.165, 1.54) is 0 Å². The zero-order valence-corrected chi connectivity index (χ0v) is 14.1. The summed E-state index contributed by atoms with van der Waals surface area (Å²) in [4.78, 5) is 29.9. The molecule has 2 aromatic rings. The number of carboxylic acids is 1. The number of pyridine rings is 1. The molecule has 1 amide bonds. The molecule has 0 aromatic carbocycles. The van der Waals surface area contributed by atoms with E-state index in [9.17, 15) is 14.7 Å². The highest BCUT2D eigenvalue weighted by Gasteiger charge is 2.27. The number of carbonyl (C=O) groups is 2. The molecule has 2 aromatic heterocycles. The van der Waals surface area contributed by atoms with E-state index in [0.717, 1.165) is 6.54 Å². The summed E-state index contributed by atoms with van der Waals surface area (Å²) < 4.78 is 1.76. The van der Waals surface area contributed by atoms with Crippen LogP contribution in [0.1, 0.15) is 30.1 Å². The molecule has 3 rings (SSSR count). The van der Waals surface area contributed by atoms with Gasteiger partial charge in [-0.1, -0.05) is 0 Å². The molecule has 8 nitrogen and oxygen atoms in total. The fraction of sp³-hybridized carbons (Fsp3) is 0.412. The van der Waals surface area contributed by atoms with Crippen molar-refractivity contribution in [1.29, 1.82) is 0 Å². The standard InChI is InChI=1S/C17H21N5O3/c1-2-22-11-13(10-19-22)20-16(23)12-5-8-21(9-6-12)15-14(17(24)25)4-3-7-18-15/h3-4,7,10-12H,2,5-6,8-9H2,1H3,(H,20,23)(H,24,25). The molecule has 0 saturated carbocycles. The van der Waals surface area contributed by atoms with Gasteiger partial charge < -0.3 is 15.3 Å². The van der Waals surface area contributed by atoms with E-state index in [1.54, 1.807) is 35.4 Å². The van der Waals surface area contributed by atoms with Crippen molar-refractivity contribution >= 4 is 23.4 Å². The lowest BCUT2D eigenvalue weighted by Crippen LogP contribution is -2.39. The average molecular weight is 343 g/mol. The van der Waals surface area contributed by atoms with E-state index in [0.29, 0.717) is 37.4 Å². The average Bonchev–Trinajstić information content (AvgIpc) is 3.09. The summed E-state index contributed by atoms with van der Waals surface area (Å²) in [6.07, 6.45) is 6.35. The number of aromatic carboxylic acids is 1. The van der Waals surface area contributed by atoms with Gasteiger partial charge in [0.1, 0.15) is 11.4 Å². The Bertz CT molecular complexity index is 765. The Labute approximate surface area is 145 Å². The van der Waals surface area contributed by atoms with Crippen molar-refractivity contribution in [3.8, 4) is 0 Å². The number of piperidine rings is 1. The van der Waals surface area contributed by atoms with Crippen LogP contribution >= 0.6 is 0 Å². The van der Waals surface area contributed by atoms with Gasteiger partial charge in [-0.15, -0.1) is 0 Å². The number of rotatable bonds is 5. The number of carbonyl (C=O) groups excluding carboxylic acids is 1. The minimum Gasteiger partial charge on any atom is -0.478 e. The molecular weight excluding hydrogens is 322 g/mol. The second-order valence-electron chi connectivity index (χ2n) is 6.01. The topological polar surface area (TPSA) is 100 Å². The molecule has 0 radical (unpaired) electrons. The van der Waals surface area contributed by atoms with E-state index >= 15 is 0 Å². The smallest absolute Gasteiger partial charge is 0.339 e. The molecule has 25 heavy (non-hydrogen) atoms. The van der Waals surface area contributed by atoms with Crippen LogP contribution in [0.4, 0.5) is 11.5 Å². The Balaban J connectivity index is 1.60. The first-order valence-electron chi connectivity index (χ1n) is 8.35. The van der Waals surface area contributed by atoms with E-state index in [2.05, 4.69) is 15.4 Å². The Kier molecular flexibility index (Phi) is 4.97. The Morgan fingerprint density at radius 2 is 2.12 bits per heavy atom. The van der Waals surface area contributed by atoms with Gasteiger partial charge in [-0.2, -0.15) is 5.10 Å². The highest BCUT2D eigenvalue weighted by Crippen LogP contribution is 2.25. The summed E-state index contributed by atoms with van der Waals surface area (Å²) in [5.74, 6) is -0.637. The first-order chi connectivity index (χ1) is 12.1. The maximum Gasteiger partial charge on any atom is 0.339 e. The monoisotopic (exact) mass is 343 g/mol. The second-order valence-corrected chi connectivity index (χ2v) is 6.01. The Morgan fingerprint density at radius 1 is 1.36 bits per heavy atom. The van der Waals surface area contributed by atoms with Gasteiger partial charge >= 0.3 is 5.97 Å². The molecule has 0 aliphatic carbocycles. The maximum atomic E-state index is 12.4. The molecule has 0 spiro atoms. The predicted molar refractivity (Wildman–Crippen MR) is 92.7 cm³/mol. The first-order valence-corrected chi connectivity index (χ1v) is 8.35. The number of nitrogens with one attached hydrogen (secondary N) is 1. The number of aryl methyl sites for hydroxylation is 1. The van der Waals surface area contributed by atoms with Crippen LogP contribution in [-0.2, 0) is 11.3 Å². The van der Waals surface area contributed by atoms with Gasteiger partial charge in [0.05, 0.1) is 11.9 Å². The van der Waals surface area contributed by atoms with Crippen molar-refractivity contribution in [2.24, 2.45) is 5.92 Å². The van der Waals surface area contributed by atoms with Gasteiger partial charge in [0.25, 0.3) is 0 Å². The zero-order chi connectivity index (χ0) is 17.8. The third-order valence-electron chi connectivity index (χ3n) is 4.41. The zero-order valence-electron chi connectivity index (χ0n) is 14.1. The van der Waals surface area contributed by atoms with Crippen LogP contribution in [0.15, 0.2) is 30.7 Å². The minimum absolute atomic E-state index is 0.0187. The molecule has 1 saturated heterocycles. The number of hydrogen-bond donors (Lipinski definition) is 2. The third-order valence-corrected chi connectivity index (χ3v) is 4.41. The molecule has 3 heterocycles. The van der Waals surface area contributed by atoms with Crippen LogP contribution < -0.4 is 10.2 Å². The van der Waals surface area contributed by atoms with Crippen molar-refractivity contribution in [3.63, 3.8) is 0 Å². The lowest BCUT2D eigenvalue weighted by molar-refractivity contribution is -0.120. The molecular formula is C17H21N5O3. The number of amides is 1. The molecule has 8 heteroatoms. The van der Waals surface area contributed by atoms with E-state index < -0.39 is 5.97 Å². The predicted octanol–water partition coefficient (Wildman–Crippen LogP) is 1.85. The number of nitrogens with zero attached hydrogens (tertiary/aromatic N) is 4. The van der Waals surface area contributed by atoms with Crippen LogP contribution in [0.3, 0.4) is 0 Å². The van der Waals surface area contributed by atoms with Crippen LogP contribution in [0, 0.1) is 5.92 Å². The molecule has 0 bridgehead atoms. The van der Waals surface area contributed by atoms with Crippen LogP contribution in [0.25, 0.3) is 0 Å². The normalized spacial score (nSPS) is 15.2. The third kappa shape index (κ3) is 3.78. The molecule has 2 N–H and O–H groups in total. The van der Waals surface area contributed by atoms with Crippen molar-refractivity contribution in [2.45, 2.75) is 26.3 Å². The molecule has 1 aliphatic rings. The van der Waals surface area contributed by atoms with Gasteiger partial charge in [0, 0.05) is 37.9 Å². The van der Waals surface area contributed by atoms with Crippen molar-refractivity contribution in [2.75, 3.05) is 23.3 Å². The van der Waals surface area contributed by atoms with Crippen LogP contribution in [0.5, 0.6) is 0 Å². The van der Waals surface area contributed by atoms with Crippen molar-refractivity contribution in [3.05, 3.63) is 36.3 Å². The summed E-state index contributed by atoms with van der Waals surface area (Å²) >= 11 is 0.